The van der Waals surface area contributed by atoms with Gasteiger partial charge in [-0.25, -0.2) is 13.2 Å². The van der Waals surface area contributed by atoms with Crippen LogP contribution in [0.2, 0.25) is 0 Å². The van der Waals surface area contributed by atoms with E-state index in [1.807, 2.05) is 0 Å². The molecule has 0 saturated carbocycles. The molecule has 0 saturated heterocycles. The summed E-state index contributed by atoms with van der Waals surface area (Å²) >= 11 is 0. The fraction of sp³-hybridized carbons (Fsp3) is 0.355. The first-order valence-corrected chi connectivity index (χ1v) is 13.3. The number of allylic oxidation sites excluding steroid dienone is 1. The molecule has 0 radical (unpaired) electrons. The monoisotopic (exact) mass is 562 g/mol. The van der Waals surface area contributed by atoms with E-state index in [-0.39, 0.29) is 48.2 Å². The normalized spacial score (nSPS) is 16.5. The van der Waals surface area contributed by atoms with Crippen molar-refractivity contribution in [3.8, 4) is 22.6 Å². The Morgan fingerprint density at radius 3 is 2.10 bits per heavy atom. The van der Waals surface area contributed by atoms with Crippen LogP contribution in [-0.2, 0) is 23.7 Å². The predicted molar refractivity (Wildman–Crippen MR) is 138 cm³/mol. The Kier molecular flexibility index (Phi) is 7.75. The second-order valence-corrected chi connectivity index (χ2v) is 9.93. The van der Waals surface area contributed by atoms with Crippen LogP contribution in [0.25, 0.3) is 16.7 Å². The molecule has 2 aliphatic rings. The summed E-state index contributed by atoms with van der Waals surface area (Å²) in [6.45, 7) is 3.74. The predicted octanol–water partition coefficient (Wildman–Crippen LogP) is 8.86. The molecule has 0 amide bonds. The molecular weight excluding hydrogens is 534 g/mol. The highest BCUT2D eigenvalue weighted by molar-refractivity contribution is 5.76. The Morgan fingerprint density at radius 2 is 1.50 bits per heavy atom. The summed E-state index contributed by atoms with van der Waals surface area (Å²) in [6.07, 6.45) is 1.31. The molecule has 1 atom stereocenters. The first-order valence-electron chi connectivity index (χ1n) is 13.3. The zero-order valence-corrected chi connectivity index (χ0v) is 22.1. The van der Waals surface area contributed by atoms with Crippen molar-refractivity contribution in [2.45, 2.75) is 64.6 Å². The van der Waals surface area contributed by atoms with Gasteiger partial charge in [0.15, 0.2) is 23.2 Å². The van der Waals surface area contributed by atoms with E-state index in [2.05, 4.69) is 6.92 Å². The van der Waals surface area contributed by atoms with Gasteiger partial charge in [-0.15, -0.1) is 0 Å². The molecule has 0 fully saturated rings. The lowest BCUT2D eigenvalue weighted by Crippen LogP contribution is -2.25. The van der Waals surface area contributed by atoms with Crippen LogP contribution >= 0.6 is 0 Å². The molecule has 3 nitrogen and oxygen atoms in total. The van der Waals surface area contributed by atoms with Crippen LogP contribution in [0.1, 0.15) is 61.8 Å². The van der Waals surface area contributed by atoms with E-state index in [0.717, 1.165) is 42.9 Å². The molecule has 40 heavy (non-hydrogen) atoms. The van der Waals surface area contributed by atoms with Gasteiger partial charge in [0.25, 0.3) is 0 Å². The van der Waals surface area contributed by atoms with E-state index in [9.17, 15) is 8.78 Å². The number of benzene rings is 3. The number of hydrogen-bond donors (Lipinski definition) is 0. The van der Waals surface area contributed by atoms with Gasteiger partial charge in [0.05, 0.1) is 19.0 Å². The molecule has 212 valence electrons. The molecule has 5 rings (SSSR count). The van der Waals surface area contributed by atoms with Gasteiger partial charge >= 0.3 is 6.11 Å². The van der Waals surface area contributed by atoms with Crippen molar-refractivity contribution >= 4 is 5.57 Å². The molecule has 0 bridgehead atoms. The standard InChI is InChI=1S/C31H28F6O3/c1-3-5-21-11-10-20(16-39-21)17-8-12-22(13-9-17)40-31(36,37)23-14-18-6-7-19-15-24(38-4-2)28(33)30(35)26(19)25(18)29(34)27(23)32/h8-9,12-16,21H,3-7,10-11H2,1-2H3. The fourth-order valence-corrected chi connectivity index (χ4v) is 5.32. The third-order valence-corrected chi connectivity index (χ3v) is 7.29. The van der Waals surface area contributed by atoms with E-state index in [1.54, 1.807) is 25.3 Å². The van der Waals surface area contributed by atoms with Crippen LogP contribution in [0.5, 0.6) is 11.5 Å². The average Bonchev–Trinajstić information content (AvgIpc) is 2.94. The molecule has 9 heteroatoms. The Balaban J connectivity index is 1.42. The van der Waals surface area contributed by atoms with Crippen LogP contribution in [0, 0.1) is 23.3 Å². The summed E-state index contributed by atoms with van der Waals surface area (Å²) in [5, 5.41) is 0. The maximum atomic E-state index is 15.3. The van der Waals surface area contributed by atoms with Gasteiger partial charge in [-0.2, -0.15) is 13.2 Å². The number of alkyl halides is 2. The van der Waals surface area contributed by atoms with E-state index < -0.39 is 46.1 Å². The molecule has 1 heterocycles. The van der Waals surface area contributed by atoms with Crippen molar-refractivity contribution < 1.29 is 40.6 Å². The molecule has 3 aromatic rings. The minimum Gasteiger partial charge on any atom is -0.498 e. The van der Waals surface area contributed by atoms with Gasteiger partial charge in [-0.05, 0) is 85.6 Å². The molecule has 0 aromatic heterocycles. The number of rotatable bonds is 8. The second kappa shape index (κ2) is 11.1. The quantitative estimate of drug-likeness (QED) is 0.257. The summed E-state index contributed by atoms with van der Waals surface area (Å²) in [5.74, 6) is -6.97. The second-order valence-electron chi connectivity index (χ2n) is 9.93. The molecule has 0 spiro atoms. The zero-order chi connectivity index (χ0) is 28.6. The van der Waals surface area contributed by atoms with Crippen molar-refractivity contribution in [3.63, 3.8) is 0 Å². The largest absolute Gasteiger partial charge is 0.498 e. The summed E-state index contributed by atoms with van der Waals surface area (Å²) in [4.78, 5) is 0. The van der Waals surface area contributed by atoms with Gasteiger partial charge in [0.2, 0.25) is 5.82 Å². The number of fused-ring (bicyclic) bond motifs is 3. The van der Waals surface area contributed by atoms with Gasteiger partial charge in [-0.1, -0.05) is 25.5 Å². The molecule has 1 aliphatic heterocycles. The van der Waals surface area contributed by atoms with Gasteiger partial charge in [0, 0.05) is 11.1 Å². The summed E-state index contributed by atoms with van der Waals surface area (Å²) in [5.41, 5.74) is -0.578. The lowest BCUT2D eigenvalue weighted by molar-refractivity contribution is -0.187. The Bertz CT molecular complexity index is 1450. The summed E-state index contributed by atoms with van der Waals surface area (Å²) in [6, 6.07) is 7.81. The summed E-state index contributed by atoms with van der Waals surface area (Å²) < 4.78 is 106. The van der Waals surface area contributed by atoms with Crippen molar-refractivity contribution in [2.75, 3.05) is 6.61 Å². The first-order chi connectivity index (χ1) is 19.1. The van der Waals surface area contributed by atoms with Crippen LogP contribution < -0.4 is 9.47 Å². The minimum atomic E-state index is -4.25. The molecule has 0 N–H and O–H groups in total. The van der Waals surface area contributed by atoms with Crippen LogP contribution in [-0.4, -0.2) is 12.7 Å². The highest BCUT2D eigenvalue weighted by atomic mass is 19.3. The van der Waals surface area contributed by atoms with Gasteiger partial charge in [0.1, 0.15) is 11.3 Å². The molecule has 3 aromatic carbocycles. The number of halogens is 6. The average molecular weight is 563 g/mol. The molecule has 1 unspecified atom stereocenters. The topological polar surface area (TPSA) is 27.7 Å². The Hall–Kier alpha value is -3.62. The first kappa shape index (κ1) is 27.9. The maximum absolute atomic E-state index is 15.3. The third kappa shape index (κ3) is 5.13. The SMILES string of the molecule is CCCC1CCC(c2ccc(OC(F)(F)c3cc4c(c(F)c3F)-c3c(cc(OCC)c(F)c3F)CC4)cc2)=CO1. The van der Waals surface area contributed by atoms with Gasteiger partial charge in [-0.3, -0.25) is 0 Å². The molecular formula is C31H28F6O3. The smallest absolute Gasteiger partial charge is 0.429 e. The number of aryl methyl sites for hydroxylation is 2. The van der Waals surface area contributed by atoms with E-state index >= 15 is 17.6 Å². The highest BCUT2D eigenvalue weighted by Crippen LogP contribution is 2.45. The fourth-order valence-electron chi connectivity index (χ4n) is 5.32. The lowest BCUT2D eigenvalue weighted by Gasteiger charge is -2.26. The lowest BCUT2D eigenvalue weighted by atomic mass is 9.83. The van der Waals surface area contributed by atoms with Crippen LogP contribution in [0.15, 0.2) is 42.7 Å². The highest BCUT2D eigenvalue weighted by Gasteiger charge is 2.41. The van der Waals surface area contributed by atoms with Gasteiger partial charge < -0.3 is 14.2 Å². The van der Waals surface area contributed by atoms with E-state index in [0.29, 0.717) is 0 Å². The van der Waals surface area contributed by atoms with Crippen molar-refractivity contribution in [1.82, 2.24) is 0 Å². The van der Waals surface area contributed by atoms with Crippen molar-refractivity contribution in [3.05, 3.63) is 88.2 Å². The van der Waals surface area contributed by atoms with E-state index in [4.69, 9.17) is 14.2 Å². The maximum Gasteiger partial charge on any atom is 0.429 e. The van der Waals surface area contributed by atoms with E-state index in [1.165, 1.54) is 18.2 Å². The van der Waals surface area contributed by atoms with Crippen molar-refractivity contribution in [2.24, 2.45) is 0 Å². The Labute approximate surface area is 228 Å². The number of ether oxygens (including phenoxy) is 3. The number of hydrogen-bond acceptors (Lipinski definition) is 3. The van der Waals surface area contributed by atoms with Crippen LogP contribution in [0.4, 0.5) is 26.3 Å². The summed E-state index contributed by atoms with van der Waals surface area (Å²) in [7, 11) is 0. The van der Waals surface area contributed by atoms with Crippen LogP contribution in [0.3, 0.4) is 0 Å². The minimum absolute atomic E-state index is 0.00421. The van der Waals surface area contributed by atoms with Crippen molar-refractivity contribution in [1.29, 1.82) is 0 Å². The molecule has 1 aliphatic carbocycles. The third-order valence-electron chi connectivity index (χ3n) is 7.29. The zero-order valence-electron chi connectivity index (χ0n) is 22.1. The Morgan fingerprint density at radius 1 is 0.850 bits per heavy atom.